The first-order valence-electron chi connectivity index (χ1n) is 5.09. The first kappa shape index (κ1) is 10.3. The molecule has 0 bridgehead atoms. The molecule has 3 N–H and O–H groups in total. The molecule has 0 fully saturated rings. The zero-order valence-electron chi connectivity index (χ0n) is 10.3. The van der Waals surface area contributed by atoms with Crippen molar-refractivity contribution in [1.82, 2.24) is 0 Å². The summed E-state index contributed by atoms with van der Waals surface area (Å²) in [6, 6.07) is 0. The van der Waals surface area contributed by atoms with Gasteiger partial charge in [-0.3, -0.25) is 0 Å². The summed E-state index contributed by atoms with van der Waals surface area (Å²) < 4.78 is 11.8. The molecule has 1 heterocycles. The Morgan fingerprint density at radius 1 is 1.31 bits per heavy atom. The van der Waals surface area contributed by atoms with Crippen LogP contribution in [0.25, 0.3) is 0 Å². The topological polar surface area (TPSA) is 96.6 Å². The molecular weight excluding hydrogens is 210 g/mol. The highest BCUT2D eigenvalue weighted by molar-refractivity contribution is 4.41. The number of hydrogen-bond donors (Lipinski definition) is 3. The molecule has 0 saturated carbocycles. The molecular formula is C7H16N9+3. The van der Waals surface area contributed by atoms with E-state index in [9.17, 15) is 0 Å². The average molecular weight is 227 g/mol. The molecule has 1 aromatic heterocycles. The van der Waals surface area contributed by atoms with Gasteiger partial charge in [0.25, 0.3) is 0 Å². The second kappa shape index (κ2) is 6.32. The highest BCUT2D eigenvalue weighted by atomic mass is 15.5. The molecule has 1 aromatic rings. The van der Waals surface area contributed by atoms with Crippen LogP contribution in [0.15, 0.2) is 34.3 Å². The van der Waals surface area contributed by atoms with Crippen LogP contribution < -0.4 is 24.8 Å². The maximum absolute atomic E-state index is 6.41. The molecule has 0 aliphatic heterocycles. The van der Waals surface area contributed by atoms with E-state index in [2.05, 4.69) is 31.7 Å². The van der Waals surface area contributed by atoms with Crippen LogP contribution in [0.4, 0.5) is 0 Å². The van der Waals surface area contributed by atoms with Crippen LogP contribution in [0, 0.1) is 5.52 Å². The predicted octanol–water partition coefficient (Wildman–Crippen LogP) is -1.80. The van der Waals surface area contributed by atoms with Gasteiger partial charge in [0.2, 0.25) is 1.41 Å². The molecule has 0 radical (unpaired) electrons. The Morgan fingerprint density at radius 2 is 2.12 bits per heavy atom. The van der Waals surface area contributed by atoms with Crippen molar-refractivity contribution < 1.29 is 15.3 Å². The van der Waals surface area contributed by atoms with Gasteiger partial charge in [0.05, 0.1) is 7.05 Å². The van der Waals surface area contributed by atoms with Crippen molar-refractivity contribution in [2.75, 3.05) is 31.2 Å². The zero-order chi connectivity index (χ0) is 12.5. The molecule has 1 rings (SSSR count). The fourth-order valence-corrected chi connectivity index (χ4v) is 1.05. The Balaban J connectivity index is 2.46. The summed E-state index contributed by atoms with van der Waals surface area (Å²) in [5.41, 5.74) is 8.76. The van der Waals surface area contributed by atoms with Crippen molar-refractivity contribution in [1.29, 1.82) is 5.52 Å². The Hall–Kier alpha value is -2.19. The van der Waals surface area contributed by atoms with Gasteiger partial charge in [0, 0.05) is 9.35 Å². The first-order valence-corrected chi connectivity index (χ1v) is 4.65. The normalized spacial score (nSPS) is 12.0. The maximum atomic E-state index is 6.41. The second-order valence-corrected chi connectivity index (χ2v) is 2.93. The molecule has 0 aliphatic carbocycles. The number of nitrogens with zero attached hydrogens (tertiary/aromatic N) is 6. The van der Waals surface area contributed by atoms with Gasteiger partial charge < -0.3 is 0 Å². The van der Waals surface area contributed by atoms with E-state index in [4.69, 9.17) is 1.41 Å². The quantitative estimate of drug-likeness (QED) is 0.395. The largest absolute Gasteiger partial charge is 0.473 e. The molecule has 0 aromatic carbocycles. The molecule has 0 saturated heterocycles. The molecule has 0 aliphatic rings. The third kappa shape index (κ3) is 3.90. The third-order valence-electron chi connectivity index (χ3n) is 1.67. The smallest absolute Gasteiger partial charge is 0.208 e. The minimum absolute atomic E-state index is 0.0783. The first-order chi connectivity index (χ1) is 8.26. The van der Waals surface area contributed by atoms with E-state index in [1.807, 2.05) is 31.3 Å². The number of aromatic nitrogens is 3. The lowest BCUT2D eigenvalue weighted by molar-refractivity contribution is -0.909. The summed E-state index contributed by atoms with van der Waals surface area (Å²) in [5, 5.41) is 10.8. The lowest BCUT2D eigenvalue weighted by Gasteiger charge is -1.92. The number of nitrogens with one attached hydrogen (secondary N) is 3. The maximum Gasteiger partial charge on any atom is 0.473 e. The van der Waals surface area contributed by atoms with Gasteiger partial charge >= 0.3 is 19.0 Å². The van der Waals surface area contributed by atoms with Crippen molar-refractivity contribution >= 4 is 0 Å². The summed E-state index contributed by atoms with van der Waals surface area (Å²) in [4.78, 5) is 0. The van der Waals surface area contributed by atoms with Gasteiger partial charge in [-0.25, -0.2) is 5.52 Å². The van der Waals surface area contributed by atoms with E-state index in [0.29, 0.717) is 6.67 Å². The van der Waals surface area contributed by atoms with Gasteiger partial charge in [-0.1, -0.05) is 4.57 Å². The highest BCUT2D eigenvalue weighted by Crippen LogP contribution is 1.73. The SMILES string of the molecule is [2H]N=NCN=NCN[n+]1c[n+](C)c[n+](NC)c1. The lowest BCUT2D eigenvalue weighted by atomic mass is 10.9. The van der Waals surface area contributed by atoms with Crippen molar-refractivity contribution in [2.45, 2.75) is 0 Å². The fourth-order valence-electron chi connectivity index (χ4n) is 1.05. The van der Waals surface area contributed by atoms with E-state index < -0.39 is 0 Å². The van der Waals surface area contributed by atoms with E-state index in [-0.39, 0.29) is 6.67 Å². The average Bonchev–Trinajstić information content (AvgIpc) is 2.33. The van der Waals surface area contributed by atoms with Crippen LogP contribution >= 0.6 is 0 Å². The minimum atomic E-state index is 0.0783. The second-order valence-electron chi connectivity index (χ2n) is 2.93. The third-order valence-corrected chi connectivity index (χ3v) is 1.67. The van der Waals surface area contributed by atoms with Gasteiger partial charge in [-0.15, -0.1) is 0 Å². The number of hydrogen-bond acceptors (Lipinski definition) is 6. The summed E-state index contributed by atoms with van der Waals surface area (Å²) >= 11 is 0. The molecule has 9 heteroatoms. The van der Waals surface area contributed by atoms with Crippen LogP contribution in [-0.2, 0) is 7.05 Å². The van der Waals surface area contributed by atoms with E-state index in [1.165, 1.54) is 0 Å². The standard InChI is InChI=1S/C7H16N9/c1-9-15-5-14(2)6-16(7-15)13-4-12-11-3-10-8/h5-9,13H,3-4H2,1-2H3/q+3/i/hD. The molecule has 9 nitrogen and oxygen atoms in total. The molecule has 16 heavy (non-hydrogen) atoms. The van der Waals surface area contributed by atoms with Crippen LogP contribution in [0.1, 0.15) is 0 Å². The lowest BCUT2D eigenvalue weighted by Crippen LogP contribution is -2.62. The minimum Gasteiger partial charge on any atom is -0.208 e. The summed E-state index contributed by atoms with van der Waals surface area (Å²) in [6.45, 7) is 0.390. The summed E-state index contributed by atoms with van der Waals surface area (Å²) in [5.74, 6) is 0. The molecule has 0 atom stereocenters. The van der Waals surface area contributed by atoms with Gasteiger partial charge in [-0.05, 0) is 0 Å². The van der Waals surface area contributed by atoms with E-state index in [1.54, 1.807) is 15.7 Å². The zero-order valence-corrected chi connectivity index (χ0v) is 9.28. The Labute approximate surface area is 94.4 Å². The molecule has 0 amide bonds. The van der Waals surface area contributed by atoms with Crippen molar-refractivity contribution in [2.24, 2.45) is 22.4 Å². The highest BCUT2D eigenvalue weighted by Gasteiger charge is 2.15. The number of azo groups is 1. The van der Waals surface area contributed by atoms with Crippen molar-refractivity contribution in [3.05, 3.63) is 19.0 Å². The van der Waals surface area contributed by atoms with Crippen LogP contribution in [0.3, 0.4) is 0 Å². The van der Waals surface area contributed by atoms with Crippen LogP contribution in [-0.4, -0.2) is 20.4 Å². The fraction of sp³-hybridized carbons (Fsp3) is 0.571. The van der Waals surface area contributed by atoms with Gasteiger partial charge in [0.15, 0.2) is 20.4 Å². The Morgan fingerprint density at radius 3 is 2.88 bits per heavy atom. The predicted molar refractivity (Wildman–Crippen MR) is 52.4 cm³/mol. The Kier molecular flexibility index (Phi) is 4.08. The molecule has 0 unspecified atom stereocenters. The number of aryl methyl sites for hydroxylation is 1. The monoisotopic (exact) mass is 227 g/mol. The van der Waals surface area contributed by atoms with E-state index in [0.717, 1.165) is 0 Å². The van der Waals surface area contributed by atoms with Crippen molar-refractivity contribution in [3.8, 4) is 0 Å². The van der Waals surface area contributed by atoms with E-state index >= 15 is 0 Å². The molecule has 86 valence electrons. The van der Waals surface area contributed by atoms with Gasteiger partial charge in [-0.2, -0.15) is 26.2 Å². The Bertz CT molecular complexity index is 404. The van der Waals surface area contributed by atoms with Gasteiger partial charge in [0.1, 0.15) is 0 Å². The summed E-state index contributed by atoms with van der Waals surface area (Å²) in [6.07, 6.45) is 5.51. The van der Waals surface area contributed by atoms with Crippen LogP contribution in [0.5, 0.6) is 0 Å². The summed E-state index contributed by atoms with van der Waals surface area (Å²) in [7, 11) is 3.72. The van der Waals surface area contributed by atoms with Crippen LogP contribution in [0.2, 0.25) is 1.41 Å². The van der Waals surface area contributed by atoms with Crippen molar-refractivity contribution in [3.63, 3.8) is 0 Å². The number of rotatable bonds is 6. The molecule has 0 spiro atoms.